The van der Waals surface area contributed by atoms with Gasteiger partial charge in [0, 0.05) is 19.6 Å². The van der Waals surface area contributed by atoms with Gasteiger partial charge in [0.25, 0.3) is 0 Å². The maximum atomic E-state index is 4.22. The van der Waals surface area contributed by atoms with Crippen molar-refractivity contribution >= 4 is 0 Å². The summed E-state index contributed by atoms with van der Waals surface area (Å²) in [5.74, 6) is 0. The molecule has 1 aliphatic rings. The molecule has 0 N–H and O–H groups in total. The number of hydrogen-bond acceptors (Lipinski definition) is 1. The van der Waals surface area contributed by atoms with Gasteiger partial charge in [-0.25, -0.2) is 5.01 Å². The zero-order chi connectivity index (χ0) is 5.98. The van der Waals surface area contributed by atoms with E-state index in [0.717, 1.165) is 12.6 Å². The Morgan fingerprint density at radius 2 is 2.25 bits per heavy atom. The van der Waals surface area contributed by atoms with Crippen LogP contribution in [0.2, 0.25) is 0 Å². The average Bonchev–Trinajstić information content (AvgIpc) is 2.45. The van der Waals surface area contributed by atoms with E-state index in [2.05, 4.69) is 24.4 Å². The second-order valence-corrected chi connectivity index (χ2v) is 2.26. The molecule has 1 radical (unpaired) electrons. The quantitative estimate of drug-likeness (QED) is 0.490. The molecule has 47 valence electrons. The summed E-state index contributed by atoms with van der Waals surface area (Å²) in [6.07, 6.45) is 2.69. The first-order chi connectivity index (χ1) is 3.84. The van der Waals surface area contributed by atoms with E-state index in [9.17, 15) is 0 Å². The van der Waals surface area contributed by atoms with Crippen molar-refractivity contribution < 1.29 is 0 Å². The van der Waals surface area contributed by atoms with Gasteiger partial charge < -0.3 is 0 Å². The average molecular weight is 113 g/mol. The van der Waals surface area contributed by atoms with Crippen LogP contribution in [-0.2, 0) is 0 Å². The first-order valence-electron chi connectivity index (χ1n) is 3.25. The lowest BCUT2D eigenvalue weighted by atomic mass is 10.7. The molecule has 0 aromatic rings. The molecular weight excluding hydrogens is 100 g/mol. The first kappa shape index (κ1) is 6.05. The van der Waals surface area contributed by atoms with Crippen molar-refractivity contribution in [2.75, 3.05) is 13.6 Å². The van der Waals surface area contributed by atoms with Crippen LogP contribution in [0.4, 0.5) is 0 Å². The van der Waals surface area contributed by atoms with E-state index in [0.29, 0.717) is 0 Å². The molecule has 0 amide bonds. The minimum Gasteiger partial charge on any atom is -0.227 e. The summed E-state index contributed by atoms with van der Waals surface area (Å²) in [7, 11) is 2.06. The summed E-state index contributed by atoms with van der Waals surface area (Å²) in [6, 6.07) is 0.787. The van der Waals surface area contributed by atoms with Gasteiger partial charge in [0.2, 0.25) is 0 Å². The van der Waals surface area contributed by atoms with E-state index in [1.54, 1.807) is 0 Å². The fourth-order valence-electron chi connectivity index (χ4n) is 0.787. The van der Waals surface area contributed by atoms with E-state index in [1.807, 2.05) is 0 Å². The second-order valence-electron chi connectivity index (χ2n) is 2.26. The van der Waals surface area contributed by atoms with Crippen LogP contribution in [0.5, 0.6) is 0 Å². The number of hydrogen-bond donors (Lipinski definition) is 0. The third-order valence-electron chi connectivity index (χ3n) is 1.44. The van der Waals surface area contributed by atoms with Crippen LogP contribution in [0.15, 0.2) is 0 Å². The van der Waals surface area contributed by atoms with Crippen LogP contribution < -0.4 is 5.43 Å². The van der Waals surface area contributed by atoms with Gasteiger partial charge in [-0.05, 0) is 19.8 Å². The van der Waals surface area contributed by atoms with Gasteiger partial charge in [-0.2, -0.15) is 5.43 Å². The van der Waals surface area contributed by atoms with Crippen LogP contribution in [-0.4, -0.2) is 24.6 Å². The molecule has 0 atom stereocenters. The summed E-state index contributed by atoms with van der Waals surface area (Å²) in [6.45, 7) is 2.99. The van der Waals surface area contributed by atoms with Gasteiger partial charge >= 0.3 is 0 Å². The fraction of sp³-hybridized carbons (Fsp3) is 1.00. The predicted molar refractivity (Wildman–Crippen MR) is 33.5 cm³/mol. The van der Waals surface area contributed by atoms with E-state index in [1.165, 1.54) is 12.8 Å². The number of nitrogens with zero attached hydrogens (tertiary/aromatic N) is 2. The lowest BCUT2D eigenvalue weighted by molar-refractivity contribution is 0.222. The highest BCUT2D eigenvalue weighted by Gasteiger charge is 2.25. The van der Waals surface area contributed by atoms with Crippen molar-refractivity contribution in [2.45, 2.75) is 25.8 Å². The molecule has 1 aliphatic carbocycles. The maximum Gasteiger partial charge on any atom is 0.0278 e. The Morgan fingerprint density at radius 3 is 2.62 bits per heavy atom. The summed E-state index contributed by atoms with van der Waals surface area (Å²) in [5.41, 5.74) is 4.22. The molecular formula is C6H13N2. The minimum atomic E-state index is 0.787. The van der Waals surface area contributed by atoms with Gasteiger partial charge in [-0.3, -0.25) is 0 Å². The maximum absolute atomic E-state index is 4.22. The van der Waals surface area contributed by atoms with E-state index >= 15 is 0 Å². The van der Waals surface area contributed by atoms with Crippen LogP contribution >= 0.6 is 0 Å². The summed E-state index contributed by atoms with van der Waals surface area (Å²) in [5, 5.41) is 2.08. The van der Waals surface area contributed by atoms with E-state index in [4.69, 9.17) is 0 Å². The molecule has 0 aromatic carbocycles. The smallest absolute Gasteiger partial charge is 0.0278 e. The summed E-state index contributed by atoms with van der Waals surface area (Å²) >= 11 is 0. The lowest BCUT2D eigenvalue weighted by Gasteiger charge is -2.11. The number of rotatable bonds is 3. The highest BCUT2D eigenvalue weighted by atomic mass is 15.5. The Labute approximate surface area is 50.8 Å². The zero-order valence-corrected chi connectivity index (χ0v) is 5.59. The molecule has 8 heavy (non-hydrogen) atoms. The molecule has 0 heterocycles. The summed E-state index contributed by atoms with van der Waals surface area (Å²) < 4.78 is 0. The third-order valence-corrected chi connectivity index (χ3v) is 1.44. The Bertz CT molecular complexity index is 68.9. The van der Waals surface area contributed by atoms with Crippen LogP contribution in [0.25, 0.3) is 0 Å². The molecule has 0 spiro atoms. The van der Waals surface area contributed by atoms with Crippen molar-refractivity contribution in [1.82, 2.24) is 10.4 Å². The Morgan fingerprint density at radius 1 is 1.62 bits per heavy atom. The normalized spacial score (nSPS) is 19.9. The molecule has 0 aromatic heterocycles. The summed E-state index contributed by atoms with van der Waals surface area (Å²) in [4.78, 5) is 0. The first-order valence-corrected chi connectivity index (χ1v) is 3.25. The predicted octanol–water partition coefficient (Wildman–Crippen LogP) is 0.620. The molecule has 2 nitrogen and oxygen atoms in total. The van der Waals surface area contributed by atoms with Crippen LogP contribution in [0.1, 0.15) is 19.8 Å². The van der Waals surface area contributed by atoms with Gasteiger partial charge in [0.1, 0.15) is 0 Å². The fourth-order valence-corrected chi connectivity index (χ4v) is 0.787. The standard InChI is InChI=1S/C6H13N2/c1-3-7-8(2)6-4-5-6/h6H,3-5H2,1-2H3. The van der Waals surface area contributed by atoms with E-state index < -0.39 is 0 Å². The van der Waals surface area contributed by atoms with Gasteiger partial charge in [-0.1, -0.05) is 0 Å². The Kier molecular flexibility index (Phi) is 1.86. The minimum absolute atomic E-state index is 0.787. The molecule has 2 heteroatoms. The molecule has 0 saturated heterocycles. The Balaban J connectivity index is 2.03. The van der Waals surface area contributed by atoms with Crippen molar-refractivity contribution in [2.24, 2.45) is 0 Å². The highest BCUT2D eigenvalue weighted by molar-refractivity contribution is 4.79. The topological polar surface area (TPSA) is 17.3 Å². The highest BCUT2D eigenvalue weighted by Crippen LogP contribution is 2.23. The molecule has 1 saturated carbocycles. The SMILES string of the molecule is CC[N]N(C)C1CC1. The molecule has 0 aliphatic heterocycles. The second kappa shape index (κ2) is 2.46. The molecule has 1 fully saturated rings. The van der Waals surface area contributed by atoms with Gasteiger partial charge in [0.15, 0.2) is 0 Å². The van der Waals surface area contributed by atoms with Crippen molar-refractivity contribution in [3.8, 4) is 0 Å². The van der Waals surface area contributed by atoms with Crippen molar-refractivity contribution in [3.05, 3.63) is 0 Å². The largest absolute Gasteiger partial charge is 0.227 e. The zero-order valence-electron chi connectivity index (χ0n) is 5.59. The van der Waals surface area contributed by atoms with Gasteiger partial charge in [0.05, 0.1) is 0 Å². The lowest BCUT2D eigenvalue weighted by Crippen LogP contribution is -2.29. The van der Waals surface area contributed by atoms with Crippen molar-refractivity contribution in [3.63, 3.8) is 0 Å². The molecule has 1 rings (SSSR count). The van der Waals surface area contributed by atoms with Crippen molar-refractivity contribution in [1.29, 1.82) is 0 Å². The monoisotopic (exact) mass is 113 g/mol. The molecule has 0 bridgehead atoms. The third kappa shape index (κ3) is 1.46. The van der Waals surface area contributed by atoms with Gasteiger partial charge in [-0.15, -0.1) is 0 Å². The Hall–Kier alpha value is -0.0800. The van der Waals surface area contributed by atoms with Crippen LogP contribution in [0.3, 0.4) is 0 Å². The van der Waals surface area contributed by atoms with Crippen LogP contribution in [0, 0.1) is 0 Å². The van der Waals surface area contributed by atoms with E-state index in [-0.39, 0.29) is 0 Å². The molecule has 0 unspecified atom stereocenters.